The first-order valence-corrected chi connectivity index (χ1v) is 10.9. The normalized spacial score (nSPS) is 18.1. The Morgan fingerprint density at radius 2 is 1.94 bits per heavy atom. The molecule has 1 N–H and O–H groups in total. The van der Waals surface area contributed by atoms with E-state index in [1.54, 1.807) is 24.0 Å². The lowest BCUT2D eigenvalue weighted by atomic mass is 10.1. The van der Waals surface area contributed by atoms with E-state index in [0.29, 0.717) is 30.2 Å². The van der Waals surface area contributed by atoms with Crippen molar-refractivity contribution in [1.29, 1.82) is 0 Å². The molecule has 0 saturated carbocycles. The van der Waals surface area contributed by atoms with Crippen LogP contribution in [-0.4, -0.2) is 48.4 Å². The molecule has 2 aliphatic heterocycles. The number of hydrogen-bond donors (Lipinski definition) is 1. The first-order chi connectivity index (χ1) is 15.3. The van der Waals surface area contributed by atoms with Gasteiger partial charge in [-0.15, -0.1) is 0 Å². The molecular weight excluding hydrogens is 437 g/mol. The van der Waals surface area contributed by atoms with Gasteiger partial charge in [0.2, 0.25) is 5.91 Å². The van der Waals surface area contributed by atoms with E-state index in [-0.39, 0.29) is 28.9 Å². The number of anilines is 2. The minimum absolute atomic E-state index is 0.0125. The maximum absolute atomic E-state index is 14.1. The highest BCUT2D eigenvalue weighted by Crippen LogP contribution is 2.36. The van der Waals surface area contributed by atoms with Crippen LogP contribution >= 0.6 is 11.6 Å². The summed E-state index contributed by atoms with van der Waals surface area (Å²) < 4.78 is 19.8. The molecule has 9 heteroatoms. The second-order valence-corrected chi connectivity index (χ2v) is 8.27. The molecule has 0 aliphatic carbocycles. The van der Waals surface area contributed by atoms with Crippen molar-refractivity contribution < 1.29 is 23.5 Å². The lowest BCUT2D eigenvalue weighted by Crippen LogP contribution is -2.50. The third-order valence-electron chi connectivity index (χ3n) is 5.62. The number of amides is 3. The highest BCUT2D eigenvalue weighted by Gasteiger charge is 2.34. The summed E-state index contributed by atoms with van der Waals surface area (Å²) in [4.78, 5) is 41.4. The van der Waals surface area contributed by atoms with Gasteiger partial charge in [-0.05, 0) is 56.5 Å². The highest BCUT2D eigenvalue weighted by atomic mass is 35.5. The molecule has 2 aromatic carbocycles. The van der Waals surface area contributed by atoms with Crippen LogP contribution in [0.2, 0.25) is 5.02 Å². The first-order valence-electron chi connectivity index (χ1n) is 10.5. The summed E-state index contributed by atoms with van der Waals surface area (Å²) in [6.07, 6.45) is 2.25. The van der Waals surface area contributed by atoms with E-state index in [2.05, 4.69) is 5.32 Å². The molecule has 168 valence electrons. The molecule has 1 fully saturated rings. The fourth-order valence-electron chi connectivity index (χ4n) is 3.93. The van der Waals surface area contributed by atoms with Gasteiger partial charge in [-0.2, -0.15) is 0 Å². The fraction of sp³-hybridized carbons (Fsp3) is 0.348. The SMILES string of the molecule is CC1Oc2ccc(NC(=O)c3c(F)cccc3Cl)cc2N(CC(=O)N2CCCCC2)C1=O. The van der Waals surface area contributed by atoms with Gasteiger partial charge in [0.1, 0.15) is 18.1 Å². The van der Waals surface area contributed by atoms with Crippen LogP contribution in [0.5, 0.6) is 5.75 Å². The summed E-state index contributed by atoms with van der Waals surface area (Å²) in [7, 11) is 0. The molecular formula is C23H23ClFN3O4. The Morgan fingerprint density at radius 1 is 1.19 bits per heavy atom. The molecule has 7 nitrogen and oxygen atoms in total. The van der Waals surface area contributed by atoms with Crippen molar-refractivity contribution in [2.45, 2.75) is 32.3 Å². The number of likely N-dealkylation sites (tertiary alicyclic amines) is 1. The number of ether oxygens (including phenoxy) is 1. The van der Waals surface area contributed by atoms with Gasteiger partial charge in [-0.25, -0.2) is 4.39 Å². The number of benzene rings is 2. The smallest absolute Gasteiger partial charge is 0.268 e. The van der Waals surface area contributed by atoms with E-state index in [9.17, 15) is 18.8 Å². The van der Waals surface area contributed by atoms with Gasteiger partial charge in [0, 0.05) is 18.8 Å². The second-order valence-electron chi connectivity index (χ2n) is 7.86. The van der Waals surface area contributed by atoms with Crippen LogP contribution in [0, 0.1) is 5.82 Å². The number of fused-ring (bicyclic) bond motifs is 1. The molecule has 2 heterocycles. The molecule has 2 aliphatic rings. The van der Waals surface area contributed by atoms with E-state index >= 15 is 0 Å². The molecule has 1 saturated heterocycles. The van der Waals surface area contributed by atoms with Gasteiger partial charge in [0.05, 0.1) is 16.3 Å². The highest BCUT2D eigenvalue weighted by molar-refractivity contribution is 6.34. The Labute approximate surface area is 190 Å². The Bertz CT molecular complexity index is 1050. The number of carbonyl (C=O) groups excluding carboxylic acids is 3. The van der Waals surface area contributed by atoms with E-state index in [4.69, 9.17) is 16.3 Å². The zero-order valence-corrected chi connectivity index (χ0v) is 18.3. The number of piperidine rings is 1. The maximum atomic E-state index is 14.1. The summed E-state index contributed by atoms with van der Waals surface area (Å²) in [5.41, 5.74) is 0.412. The number of nitrogens with one attached hydrogen (secondary N) is 1. The molecule has 4 rings (SSSR count). The summed E-state index contributed by atoms with van der Waals surface area (Å²) in [5.74, 6) is -1.52. The molecule has 3 amide bonds. The number of halogens is 2. The van der Waals surface area contributed by atoms with Crippen molar-refractivity contribution in [1.82, 2.24) is 4.90 Å². The van der Waals surface area contributed by atoms with E-state index in [1.807, 2.05) is 0 Å². The van der Waals surface area contributed by atoms with Crippen molar-refractivity contribution in [3.8, 4) is 5.75 Å². The molecule has 0 spiro atoms. The third-order valence-corrected chi connectivity index (χ3v) is 5.93. The van der Waals surface area contributed by atoms with Gasteiger partial charge in [0.15, 0.2) is 6.10 Å². The van der Waals surface area contributed by atoms with Crippen LogP contribution in [0.1, 0.15) is 36.5 Å². The van der Waals surface area contributed by atoms with Crippen molar-refractivity contribution in [3.05, 3.63) is 52.8 Å². The zero-order valence-electron chi connectivity index (χ0n) is 17.6. The van der Waals surface area contributed by atoms with E-state index in [0.717, 1.165) is 25.3 Å². The molecule has 0 radical (unpaired) electrons. The summed E-state index contributed by atoms with van der Waals surface area (Å²) in [5, 5.41) is 2.59. The van der Waals surface area contributed by atoms with Crippen molar-refractivity contribution in [2.24, 2.45) is 0 Å². The summed E-state index contributed by atoms with van der Waals surface area (Å²) in [6.45, 7) is 2.87. The Hall–Kier alpha value is -3.13. The molecule has 0 bridgehead atoms. The topological polar surface area (TPSA) is 79.0 Å². The van der Waals surface area contributed by atoms with Crippen LogP contribution in [0.15, 0.2) is 36.4 Å². The lowest BCUT2D eigenvalue weighted by molar-refractivity contribution is -0.133. The Kier molecular flexibility index (Phi) is 6.32. The van der Waals surface area contributed by atoms with Crippen molar-refractivity contribution >= 4 is 40.7 Å². The first kappa shape index (κ1) is 22.1. The fourth-order valence-corrected chi connectivity index (χ4v) is 4.18. The molecule has 0 aromatic heterocycles. The van der Waals surface area contributed by atoms with Crippen molar-refractivity contribution in [3.63, 3.8) is 0 Å². The van der Waals surface area contributed by atoms with Crippen LogP contribution in [-0.2, 0) is 9.59 Å². The third kappa shape index (κ3) is 4.41. The van der Waals surface area contributed by atoms with E-state index < -0.39 is 17.8 Å². The standard InChI is InChI=1S/C23H23ClFN3O4/c1-14-23(31)28(13-20(29)27-10-3-2-4-11-27)18-12-15(8-9-19(18)32-14)26-22(30)21-16(24)6-5-7-17(21)25/h5-9,12,14H,2-4,10-11,13H2,1H3,(H,26,30). The molecule has 1 atom stereocenters. The summed E-state index contributed by atoms with van der Waals surface area (Å²) >= 11 is 5.98. The summed E-state index contributed by atoms with van der Waals surface area (Å²) in [6, 6.07) is 8.71. The van der Waals surface area contributed by atoms with Gasteiger partial charge < -0.3 is 15.0 Å². The number of nitrogens with zero attached hydrogens (tertiary/aromatic N) is 2. The van der Waals surface area contributed by atoms with Crippen LogP contribution < -0.4 is 15.0 Å². The minimum atomic E-state index is -0.742. The van der Waals surface area contributed by atoms with Gasteiger partial charge >= 0.3 is 0 Å². The second kappa shape index (κ2) is 9.16. The quantitative estimate of drug-likeness (QED) is 0.753. The Balaban J connectivity index is 1.59. The average Bonchev–Trinajstić information content (AvgIpc) is 2.77. The van der Waals surface area contributed by atoms with Crippen molar-refractivity contribution in [2.75, 3.05) is 29.9 Å². The predicted molar refractivity (Wildman–Crippen MR) is 119 cm³/mol. The number of carbonyl (C=O) groups is 3. The largest absolute Gasteiger partial charge is 0.479 e. The number of hydrogen-bond acceptors (Lipinski definition) is 4. The maximum Gasteiger partial charge on any atom is 0.268 e. The van der Waals surface area contributed by atoms with Crippen LogP contribution in [0.25, 0.3) is 0 Å². The average molecular weight is 460 g/mol. The Morgan fingerprint density at radius 3 is 2.66 bits per heavy atom. The predicted octanol–water partition coefficient (Wildman–Crippen LogP) is 3.86. The lowest BCUT2D eigenvalue weighted by Gasteiger charge is -2.35. The van der Waals surface area contributed by atoms with Gasteiger partial charge in [0.25, 0.3) is 11.8 Å². The molecule has 2 aromatic rings. The van der Waals surface area contributed by atoms with Crippen LogP contribution in [0.3, 0.4) is 0 Å². The van der Waals surface area contributed by atoms with Crippen LogP contribution in [0.4, 0.5) is 15.8 Å². The zero-order chi connectivity index (χ0) is 22.8. The van der Waals surface area contributed by atoms with Gasteiger partial charge in [-0.3, -0.25) is 19.3 Å². The monoisotopic (exact) mass is 459 g/mol. The minimum Gasteiger partial charge on any atom is -0.479 e. The molecule has 1 unspecified atom stereocenters. The van der Waals surface area contributed by atoms with E-state index in [1.165, 1.54) is 23.1 Å². The molecule has 32 heavy (non-hydrogen) atoms. The van der Waals surface area contributed by atoms with Gasteiger partial charge in [-0.1, -0.05) is 17.7 Å². The number of rotatable bonds is 4.